The van der Waals surface area contributed by atoms with Crippen molar-refractivity contribution < 1.29 is 14.3 Å². The summed E-state index contributed by atoms with van der Waals surface area (Å²) in [5, 5.41) is 8.57. The summed E-state index contributed by atoms with van der Waals surface area (Å²) in [6.07, 6.45) is 3.27. The summed E-state index contributed by atoms with van der Waals surface area (Å²) in [7, 11) is 1.53. The number of benzene rings is 2. The van der Waals surface area contributed by atoms with Crippen molar-refractivity contribution in [1.82, 2.24) is 0 Å². The molecule has 4 nitrogen and oxygen atoms in total. The van der Waals surface area contributed by atoms with Crippen LogP contribution in [0, 0.1) is 25.2 Å². The largest absolute Gasteiger partial charge is 0.493 e. The number of methoxy groups -OCH3 is 1. The van der Waals surface area contributed by atoms with Crippen LogP contribution in [0.3, 0.4) is 0 Å². The Morgan fingerprint density at radius 1 is 1.12 bits per heavy atom. The number of nitrogens with zero attached hydrogens (tertiary/aromatic N) is 1. The van der Waals surface area contributed by atoms with Crippen LogP contribution < -0.4 is 9.47 Å². The number of allylic oxidation sites excluding steroid dienone is 1. The molecular formula is C20H19NO3. The highest BCUT2D eigenvalue weighted by atomic mass is 16.5. The van der Waals surface area contributed by atoms with E-state index < -0.39 is 0 Å². The van der Waals surface area contributed by atoms with Crippen molar-refractivity contribution in [2.75, 3.05) is 13.7 Å². The summed E-state index contributed by atoms with van der Waals surface area (Å²) in [6.45, 7) is 3.96. The molecule has 0 spiro atoms. The zero-order valence-corrected chi connectivity index (χ0v) is 14.0. The lowest BCUT2D eigenvalue weighted by molar-refractivity contribution is 0.104. The molecule has 0 heterocycles. The van der Waals surface area contributed by atoms with Crippen LogP contribution in [-0.4, -0.2) is 19.5 Å². The van der Waals surface area contributed by atoms with Crippen molar-refractivity contribution in [2.45, 2.75) is 13.8 Å². The first-order valence-electron chi connectivity index (χ1n) is 7.52. The number of aryl methyl sites for hydroxylation is 2. The van der Waals surface area contributed by atoms with Crippen molar-refractivity contribution in [3.05, 3.63) is 64.7 Å². The Bertz CT molecular complexity index is 816. The SMILES string of the molecule is COc1cc(C=CC(=O)c2ccc(C)c(C)c2)ccc1OCC#N. The van der Waals surface area contributed by atoms with Gasteiger partial charge in [0.25, 0.3) is 0 Å². The van der Waals surface area contributed by atoms with Gasteiger partial charge in [0.15, 0.2) is 23.9 Å². The van der Waals surface area contributed by atoms with Gasteiger partial charge in [0, 0.05) is 5.56 Å². The maximum absolute atomic E-state index is 12.3. The fourth-order valence-electron chi connectivity index (χ4n) is 2.18. The quantitative estimate of drug-likeness (QED) is 0.593. The molecule has 0 fully saturated rings. The second-order valence-corrected chi connectivity index (χ2v) is 5.35. The van der Waals surface area contributed by atoms with E-state index in [1.54, 1.807) is 24.3 Å². The number of carbonyl (C=O) groups excluding carboxylic acids is 1. The summed E-state index contributed by atoms with van der Waals surface area (Å²) < 4.78 is 10.5. The van der Waals surface area contributed by atoms with E-state index in [0.29, 0.717) is 17.1 Å². The molecule has 0 bridgehead atoms. The number of ketones is 1. The number of nitriles is 1. The first kappa shape index (κ1) is 17.3. The molecule has 122 valence electrons. The van der Waals surface area contributed by atoms with E-state index in [1.807, 2.05) is 38.1 Å². The molecule has 2 rings (SSSR count). The third-order valence-corrected chi connectivity index (χ3v) is 3.70. The maximum atomic E-state index is 12.3. The lowest BCUT2D eigenvalue weighted by atomic mass is 10.0. The molecule has 0 atom stereocenters. The first-order valence-corrected chi connectivity index (χ1v) is 7.52. The number of hydrogen-bond acceptors (Lipinski definition) is 4. The zero-order valence-electron chi connectivity index (χ0n) is 14.0. The van der Waals surface area contributed by atoms with Gasteiger partial charge in [-0.1, -0.05) is 24.3 Å². The van der Waals surface area contributed by atoms with E-state index in [-0.39, 0.29) is 12.4 Å². The Morgan fingerprint density at radius 2 is 1.92 bits per heavy atom. The fraction of sp³-hybridized carbons (Fsp3) is 0.200. The van der Waals surface area contributed by atoms with Crippen LogP contribution >= 0.6 is 0 Å². The summed E-state index contributed by atoms with van der Waals surface area (Å²) in [5.41, 5.74) is 3.73. The summed E-state index contributed by atoms with van der Waals surface area (Å²) in [6, 6.07) is 12.9. The van der Waals surface area contributed by atoms with Crippen LogP contribution in [0.4, 0.5) is 0 Å². The van der Waals surface area contributed by atoms with Gasteiger partial charge in [-0.15, -0.1) is 0 Å². The second-order valence-electron chi connectivity index (χ2n) is 5.35. The average molecular weight is 321 g/mol. The minimum absolute atomic E-state index is 0.0448. The zero-order chi connectivity index (χ0) is 17.5. The Balaban J connectivity index is 2.17. The summed E-state index contributed by atoms with van der Waals surface area (Å²) >= 11 is 0. The molecule has 0 N–H and O–H groups in total. The van der Waals surface area contributed by atoms with Crippen LogP contribution in [0.15, 0.2) is 42.5 Å². The van der Waals surface area contributed by atoms with E-state index in [9.17, 15) is 4.79 Å². The van der Waals surface area contributed by atoms with Crippen LogP contribution in [0.2, 0.25) is 0 Å². The Morgan fingerprint density at radius 3 is 2.58 bits per heavy atom. The van der Waals surface area contributed by atoms with Crippen molar-refractivity contribution >= 4 is 11.9 Å². The van der Waals surface area contributed by atoms with Crippen molar-refractivity contribution in [2.24, 2.45) is 0 Å². The molecule has 0 aliphatic rings. The minimum Gasteiger partial charge on any atom is -0.493 e. The van der Waals surface area contributed by atoms with Gasteiger partial charge in [0.2, 0.25) is 0 Å². The highest BCUT2D eigenvalue weighted by molar-refractivity contribution is 6.07. The molecular weight excluding hydrogens is 302 g/mol. The van der Waals surface area contributed by atoms with Gasteiger partial charge in [-0.2, -0.15) is 5.26 Å². The van der Waals surface area contributed by atoms with E-state index in [1.165, 1.54) is 13.2 Å². The Hall–Kier alpha value is -3.06. The predicted octanol–water partition coefficient (Wildman–Crippen LogP) is 4.11. The number of hydrogen-bond donors (Lipinski definition) is 0. The third-order valence-electron chi connectivity index (χ3n) is 3.70. The predicted molar refractivity (Wildman–Crippen MR) is 93.4 cm³/mol. The molecule has 2 aromatic rings. The van der Waals surface area contributed by atoms with E-state index in [0.717, 1.165) is 16.7 Å². The molecule has 4 heteroatoms. The molecule has 0 radical (unpaired) electrons. The smallest absolute Gasteiger partial charge is 0.185 e. The van der Waals surface area contributed by atoms with Gasteiger partial charge < -0.3 is 9.47 Å². The standard InChI is InChI=1S/C20H19NO3/c1-14-4-7-17(12-15(14)2)18(22)8-5-16-6-9-19(24-11-10-21)20(13-16)23-3/h4-9,12-13H,11H2,1-3H3. The summed E-state index contributed by atoms with van der Waals surface area (Å²) in [5.74, 6) is 0.963. The molecule has 0 amide bonds. The van der Waals surface area contributed by atoms with Crippen LogP contribution in [-0.2, 0) is 0 Å². The van der Waals surface area contributed by atoms with Gasteiger partial charge in [-0.25, -0.2) is 0 Å². The van der Waals surface area contributed by atoms with E-state index in [4.69, 9.17) is 14.7 Å². The third kappa shape index (κ3) is 4.23. The van der Waals surface area contributed by atoms with Gasteiger partial charge in [-0.05, 0) is 54.8 Å². The normalized spacial score (nSPS) is 10.4. The molecule has 0 unspecified atom stereocenters. The number of rotatable bonds is 6. The van der Waals surface area contributed by atoms with Crippen LogP contribution in [0.1, 0.15) is 27.0 Å². The lowest BCUT2D eigenvalue weighted by Gasteiger charge is -2.08. The van der Waals surface area contributed by atoms with E-state index in [2.05, 4.69) is 0 Å². The maximum Gasteiger partial charge on any atom is 0.185 e. The average Bonchev–Trinajstić information content (AvgIpc) is 2.60. The van der Waals surface area contributed by atoms with Crippen molar-refractivity contribution in [1.29, 1.82) is 5.26 Å². The molecule has 2 aromatic carbocycles. The molecule has 0 aliphatic carbocycles. The number of ether oxygens (including phenoxy) is 2. The van der Waals surface area contributed by atoms with Crippen LogP contribution in [0.5, 0.6) is 11.5 Å². The topological polar surface area (TPSA) is 59.3 Å². The molecule has 0 aromatic heterocycles. The van der Waals surface area contributed by atoms with Crippen LogP contribution in [0.25, 0.3) is 6.08 Å². The van der Waals surface area contributed by atoms with Gasteiger partial charge in [0.1, 0.15) is 6.07 Å². The molecule has 0 saturated carbocycles. The molecule has 24 heavy (non-hydrogen) atoms. The lowest BCUT2D eigenvalue weighted by Crippen LogP contribution is -1.97. The van der Waals surface area contributed by atoms with Crippen molar-refractivity contribution in [3.8, 4) is 17.6 Å². The summed E-state index contributed by atoms with van der Waals surface area (Å²) in [4.78, 5) is 12.3. The first-order chi connectivity index (χ1) is 11.5. The molecule has 0 aliphatic heterocycles. The van der Waals surface area contributed by atoms with Gasteiger partial charge in [0.05, 0.1) is 7.11 Å². The highest BCUT2D eigenvalue weighted by Crippen LogP contribution is 2.28. The van der Waals surface area contributed by atoms with Gasteiger partial charge >= 0.3 is 0 Å². The minimum atomic E-state index is -0.0538. The monoisotopic (exact) mass is 321 g/mol. The second kappa shape index (κ2) is 7.98. The molecule has 0 saturated heterocycles. The van der Waals surface area contributed by atoms with E-state index >= 15 is 0 Å². The Kier molecular flexibility index (Phi) is 5.75. The van der Waals surface area contributed by atoms with Gasteiger partial charge in [-0.3, -0.25) is 4.79 Å². The van der Waals surface area contributed by atoms with Crippen molar-refractivity contribution in [3.63, 3.8) is 0 Å². The Labute approximate surface area is 141 Å². The number of carbonyl (C=O) groups is 1. The highest BCUT2D eigenvalue weighted by Gasteiger charge is 2.06. The fourth-order valence-corrected chi connectivity index (χ4v) is 2.18.